The molecule has 0 unspecified atom stereocenters. The molecule has 0 amide bonds. The molecule has 0 aliphatic heterocycles. The van der Waals surface area contributed by atoms with Gasteiger partial charge in [0.2, 0.25) is 8.32 Å². The minimum absolute atomic E-state index is 1.06. The van der Waals surface area contributed by atoms with E-state index in [1.807, 2.05) is 12.3 Å². The van der Waals surface area contributed by atoms with E-state index in [0.29, 0.717) is 0 Å². The van der Waals surface area contributed by atoms with Crippen molar-refractivity contribution in [1.29, 1.82) is 0 Å². The van der Waals surface area contributed by atoms with Crippen LogP contribution in [0, 0.1) is 0 Å². The van der Waals surface area contributed by atoms with Gasteiger partial charge in [0, 0.05) is 0 Å². The Morgan fingerprint density at radius 3 is 2.22 bits per heavy atom. The normalized spacial score (nSPS) is 12.4. The van der Waals surface area contributed by atoms with E-state index in [1.54, 1.807) is 0 Å². The standard InChI is InChI=1S/C7H16OSi/c1-5-6-7-8-9(2,3)4/h6-7H,5H2,1-4H3. The van der Waals surface area contributed by atoms with Gasteiger partial charge in [0.25, 0.3) is 0 Å². The Morgan fingerprint density at radius 1 is 1.33 bits per heavy atom. The van der Waals surface area contributed by atoms with Crippen molar-refractivity contribution >= 4 is 8.32 Å². The first kappa shape index (κ1) is 8.76. The fourth-order valence-corrected chi connectivity index (χ4v) is 0.853. The van der Waals surface area contributed by atoms with Gasteiger partial charge in [0.15, 0.2) is 0 Å². The van der Waals surface area contributed by atoms with Crippen LogP contribution in [0.2, 0.25) is 19.6 Å². The quantitative estimate of drug-likeness (QED) is 0.437. The minimum atomic E-state index is -1.28. The summed E-state index contributed by atoms with van der Waals surface area (Å²) in [7, 11) is -1.28. The van der Waals surface area contributed by atoms with Gasteiger partial charge >= 0.3 is 0 Å². The Morgan fingerprint density at radius 2 is 1.89 bits per heavy atom. The highest BCUT2D eigenvalue weighted by atomic mass is 28.4. The molecule has 0 atom stereocenters. The van der Waals surface area contributed by atoms with Crippen molar-refractivity contribution in [3.8, 4) is 0 Å². The average Bonchev–Trinajstić information content (AvgIpc) is 1.63. The molecule has 0 radical (unpaired) electrons. The number of hydrogen-bond acceptors (Lipinski definition) is 1. The SMILES string of the molecule is CCC=CO[Si](C)(C)C. The molecular weight excluding hydrogens is 128 g/mol. The van der Waals surface area contributed by atoms with Crippen LogP contribution in [0.15, 0.2) is 12.3 Å². The molecule has 0 N–H and O–H groups in total. The second-order valence-corrected chi connectivity index (χ2v) is 7.47. The van der Waals surface area contributed by atoms with Gasteiger partial charge in [0.1, 0.15) is 0 Å². The van der Waals surface area contributed by atoms with Gasteiger partial charge in [-0.3, -0.25) is 0 Å². The average molecular weight is 144 g/mol. The smallest absolute Gasteiger partial charge is 0.241 e. The summed E-state index contributed by atoms with van der Waals surface area (Å²) in [6.45, 7) is 8.62. The third-order valence-electron chi connectivity index (χ3n) is 0.754. The van der Waals surface area contributed by atoms with Crippen molar-refractivity contribution in [3.05, 3.63) is 12.3 Å². The summed E-state index contributed by atoms with van der Waals surface area (Å²) in [6.07, 6.45) is 4.93. The van der Waals surface area contributed by atoms with Crippen molar-refractivity contribution in [3.63, 3.8) is 0 Å². The summed E-state index contributed by atoms with van der Waals surface area (Å²) >= 11 is 0. The summed E-state index contributed by atoms with van der Waals surface area (Å²) in [4.78, 5) is 0. The largest absolute Gasteiger partial charge is 0.550 e. The summed E-state index contributed by atoms with van der Waals surface area (Å²) in [5.74, 6) is 0. The van der Waals surface area contributed by atoms with E-state index in [9.17, 15) is 0 Å². The van der Waals surface area contributed by atoms with Crippen molar-refractivity contribution in [2.75, 3.05) is 0 Å². The highest BCUT2D eigenvalue weighted by Gasteiger charge is 2.12. The Kier molecular flexibility index (Phi) is 3.62. The maximum Gasteiger partial charge on any atom is 0.241 e. The second-order valence-electron chi connectivity index (χ2n) is 3.01. The molecule has 9 heavy (non-hydrogen) atoms. The molecule has 0 spiro atoms. The molecule has 0 aromatic carbocycles. The zero-order valence-corrected chi connectivity index (χ0v) is 7.77. The predicted octanol–water partition coefficient (Wildman–Crippen LogP) is 2.76. The molecule has 0 saturated heterocycles. The van der Waals surface area contributed by atoms with Gasteiger partial charge in [-0.25, -0.2) is 0 Å². The Bertz CT molecular complexity index is 91.6. The zero-order chi connectivity index (χ0) is 7.33. The van der Waals surface area contributed by atoms with Crippen LogP contribution in [0.4, 0.5) is 0 Å². The fraction of sp³-hybridized carbons (Fsp3) is 0.714. The number of rotatable bonds is 3. The molecule has 0 heterocycles. The van der Waals surface area contributed by atoms with E-state index in [2.05, 4.69) is 26.6 Å². The first-order chi connectivity index (χ1) is 4.06. The van der Waals surface area contributed by atoms with Crippen molar-refractivity contribution in [1.82, 2.24) is 0 Å². The highest BCUT2D eigenvalue weighted by Crippen LogP contribution is 2.02. The maximum absolute atomic E-state index is 5.43. The van der Waals surface area contributed by atoms with Crippen molar-refractivity contribution in [2.45, 2.75) is 33.0 Å². The molecule has 0 bridgehead atoms. The fourth-order valence-electron chi connectivity index (χ4n) is 0.348. The van der Waals surface area contributed by atoms with Crippen LogP contribution in [0.5, 0.6) is 0 Å². The van der Waals surface area contributed by atoms with Crippen LogP contribution >= 0.6 is 0 Å². The number of allylic oxidation sites excluding steroid dienone is 1. The Balaban J connectivity index is 3.38. The molecule has 0 aromatic rings. The molecule has 0 rings (SSSR count). The van der Waals surface area contributed by atoms with Gasteiger partial charge < -0.3 is 4.43 Å². The first-order valence-corrected chi connectivity index (χ1v) is 6.80. The van der Waals surface area contributed by atoms with E-state index in [4.69, 9.17) is 4.43 Å². The molecular formula is C7H16OSi. The van der Waals surface area contributed by atoms with E-state index in [-0.39, 0.29) is 0 Å². The zero-order valence-electron chi connectivity index (χ0n) is 6.77. The molecule has 0 aromatic heterocycles. The monoisotopic (exact) mass is 144 g/mol. The lowest BCUT2D eigenvalue weighted by atomic mass is 10.5. The van der Waals surface area contributed by atoms with E-state index >= 15 is 0 Å². The summed E-state index contributed by atoms with van der Waals surface area (Å²) in [6, 6.07) is 0. The third-order valence-corrected chi connectivity index (χ3v) is 1.60. The maximum atomic E-state index is 5.43. The van der Waals surface area contributed by atoms with Crippen molar-refractivity contribution in [2.24, 2.45) is 0 Å². The van der Waals surface area contributed by atoms with Gasteiger partial charge in [-0.05, 0) is 26.1 Å². The molecule has 0 aliphatic carbocycles. The lowest BCUT2D eigenvalue weighted by molar-refractivity contribution is 0.477. The van der Waals surface area contributed by atoms with E-state index < -0.39 is 8.32 Å². The molecule has 1 nitrogen and oxygen atoms in total. The van der Waals surface area contributed by atoms with Crippen LogP contribution < -0.4 is 0 Å². The van der Waals surface area contributed by atoms with Gasteiger partial charge in [-0.2, -0.15) is 0 Å². The Labute approximate surface area is 58.9 Å². The number of hydrogen-bond donors (Lipinski definition) is 0. The Hall–Kier alpha value is -0.243. The second kappa shape index (κ2) is 3.72. The molecule has 54 valence electrons. The molecule has 0 saturated carbocycles. The van der Waals surface area contributed by atoms with E-state index in [0.717, 1.165) is 6.42 Å². The predicted molar refractivity (Wildman–Crippen MR) is 43.9 cm³/mol. The van der Waals surface area contributed by atoms with Crippen LogP contribution in [0.25, 0.3) is 0 Å². The van der Waals surface area contributed by atoms with Crippen LogP contribution in [-0.4, -0.2) is 8.32 Å². The van der Waals surface area contributed by atoms with Crippen LogP contribution in [0.3, 0.4) is 0 Å². The van der Waals surface area contributed by atoms with E-state index in [1.165, 1.54) is 0 Å². The topological polar surface area (TPSA) is 9.23 Å². The van der Waals surface area contributed by atoms with Gasteiger partial charge in [-0.15, -0.1) is 0 Å². The lowest BCUT2D eigenvalue weighted by Crippen LogP contribution is -2.21. The van der Waals surface area contributed by atoms with Gasteiger partial charge in [0.05, 0.1) is 6.26 Å². The molecule has 0 aliphatic rings. The molecule has 0 fully saturated rings. The van der Waals surface area contributed by atoms with Crippen LogP contribution in [0.1, 0.15) is 13.3 Å². The summed E-state index contributed by atoms with van der Waals surface area (Å²) in [5.41, 5.74) is 0. The van der Waals surface area contributed by atoms with Crippen LogP contribution in [-0.2, 0) is 4.43 Å². The minimum Gasteiger partial charge on any atom is -0.550 e. The lowest BCUT2D eigenvalue weighted by Gasteiger charge is -2.14. The van der Waals surface area contributed by atoms with Gasteiger partial charge in [-0.1, -0.05) is 13.0 Å². The summed E-state index contributed by atoms with van der Waals surface area (Å²) in [5, 5.41) is 0. The third kappa shape index (κ3) is 7.76. The summed E-state index contributed by atoms with van der Waals surface area (Å²) < 4.78 is 5.43. The van der Waals surface area contributed by atoms with Crippen molar-refractivity contribution < 1.29 is 4.43 Å². The molecule has 2 heteroatoms. The first-order valence-electron chi connectivity index (χ1n) is 3.39. The highest BCUT2D eigenvalue weighted by molar-refractivity contribution is 6.69.